The van der Waals surface area contributed by atoms with Crippen molar-refractivity contribution in [3.63, 3.8) is 0 Å². The summed E-state index contributed by atoms with van der Waals surface area (Å²) < 4.78 is 4.82. The van der Waals surface area contributed by atoms with E-state index in [0.29, 0.717) is 6.42 Å². The van der Waals surface area contributed by atoms with Crippen LogP contribution in [0.2, 0.25) is 0 Å². The predicted molar refractivity (Wildman–Crippen MR) is 99.2 cm³/mol. The first-order chi connectivity index (χ1) is 11.3. The molecule has 0 aromatic rings. The van der Waals surface area contributed by atoms with Crippen molar-refractivity contribution < 1.29 is 9.53 Å². The van der Waals surface area contributed by atoms with Gasteiger partial charge in [-0.3, -0.25) is 4.79 Å². The second kappa shape index (κ2) is 18.6. The minimum absolute atomic E-state index is 0.0963. The van der Waals surface area contributed by atoms with Crippen molar-refractivity contribution in [3.8, 4) is 12.3 Å². The first-order valence-electron chi connectivity index (χ1n) is 9.20. The Morgan fingerprint density at radius 2 is 1.52 bits per heavy atom. The molecule has 130 valence electrons. The number of unbranched alkanes of at least 4 members (excludes halogenated alkanes) is 8. The Labute approximate surface area is 143 Å². The molecule has 0 saturated carbocycles. The van der Waals surface area contributed by atoms with E-state index in [0.717, 1.165) is 25.7 Å². The summed E-state index contributed by atoms with van der Waals surface area (Å²) in [6, 6.07) is 0. The van der Waals surface area contributed by atoms with E-state index >= 15 is 0 Å². The van der Waals surface area contributed by atoms with E-state index in [4.69, 9.17) is 11.2 Å². The zero-order valence-electron chi connectivity index (χ0n) is 14.9. The predicted octanol–water partition coefficient (Wildman–Crippen LogP) is 5.98. The maximum Gasteiger partial charge on any atom is 0.306 e. The van der Waals surface area contributed by atoms with Crippen molar-refractivity contribution in [2.75, 3.05) is 6.61 Å². The summed E-state index contributed by atoms with van der Waals surface area (Å²) in [5.74, 6) is 2.13. The van der Waals surface area contributed by atoms with E-state index in [1.807, 2.05) is 0 Å². The molecule has 0 N–H and O–H groups in total. The highest BCUT2D eigenvalue weighted by Crippen LogP contribution is 2.08. The monoisotopic (exact) mass is 318 g/mol. The quantitative estimate of drug-likeness (QED) is 0.161. The molecule has 2 nitrogen and oxygen atoms in total. The lowest BCUT2D eigenvalue weighted by Gasteiger charge is -2.01. The first-order valence-corrected chi connectivity index (χ1v) is 9.20. The molecule has 0 saturated heterocycles. The number of hydrogen-bond donors (Lipinski definition) is 0. The molecule has 0 fully saturated rings. The van der Waals surface area contributed by atoms with Crippen LogP contribution in [0.4, 0.5) is 0 Å². The lowest BCUT2D eigenvalue weighted by atomic mass is 10.1. The van der Waals surface area contributed by atoms with Crippen molar-refractivity contribution >= 4 is 5.97 Å². The molecule has 0 radical (unpaired) electrons. The lowest BCUT2D eigenvalue weighted by molar-refractivity contribution is -0.142. The Kier molecular flexibility index (Phi) is 17.4. The Morgan fingerprint density at radius 1 is 0.913 bits per heavy atom. The van der Waals surface area contributed by atoms with Gasteiger partial charge in [0, 0.05) is 6.42 Å². The molecule has 0 heterocycles. The fraction of sp³-hybridized carbons (Fsp3) is 0.667. The van der Waals surface area contributed by atoms with Gasteiger partial charge in [-0.05, 0) is 38.5 Å². The summed E-state index contributed by atoms with van der Waals surface area (Å²) in [5.41, 5.74) is 0. The van der Waals surface area contributed by atoms with Crippen molar-refractivity contribution in [3.05, 3.63) is 24.3 Å². The van der Waals surface area contributed by atoms with Crippen LogP contribution in [-0.2, 0) is 9.53 Å². The van der Waals surface area contributed by atoms with Gasteiger partial charge in [-0.1, -0.05) is 69.3 Å². The van der Waals surface area contributed by atoms with Gasteiger partial charge in [0.25, 0.3) is 0 Å². The summed E-state index contributed by atoms with van der Waals surface area (Å²) in [5, 5.41) is 0. The molecule has 0 rings (SSSR count). The molecule has 0 aliphatic rings. The number of carbonyl (C=O) groups is 1. The lowest BCUT2D eigenvalue weighted by Crippen LogP contribution is -2.03. The highest BCUT2D eigenvalue weighted by molar-refractivity contribution is 5.69. The van der Waals surface area contributed by atoms with E-state index in [9.17, 15) is 4.79 Å². The first kappa shape index (κ1) is 21.5. The number of rotatable bonds is 15. The fourth-order valence-electron chi connectivity index (χ4n) is 2.28. The molecule has 0 aliphatic carbocycles. The van der Waals surface area contributed by atoms with Gasteiger partial charge >= 0.3 is 5.97 Å². The number of allylic oxidation sites excluding steroid dienone is 4. The van der Waals surface area contributed by atoms with Gasteiger partial charge in [0.2, 0.25) is 0 Å². The molecule has 0 aromatic heterocycles. The van der Waals surface area contributed by atoms with Crippen molar-refractivity contribution in [1.82, 2.24) is 0 Å². The Morgan fingerprint density at radius 3 is 2.17 bits per heavy atom. The second-order valence-electron chi connectivity index (χ2n) is 5.85. The third-order valence-electron chi connectivity index (χ3n) is 3.65. The standard InChI is InChI=1S/C21H34O2/c1-3-5-6-7-8-9-10-11-12-13-14-15-16-17-18-19-21(22)23-20-4-2/h2,8-9,11-12H,3,5-7,10,13-20H2,1H3/b9-8-,12-11-. The van der Waals surface area contributed by atoms with Crippen LogP contribution in [0.5, 0.6) is 0 Å². The van der Waals surface area contributed by atoms with Crippen LogP contribution in [0, 0.1) is 12.3 Å². The molecule has 0 spiro atoms. The SMILES string of the molecule is C#CCOC(=O)CCCCCCC/C=C\C/C=C\CCCCC. The summed E-state index contributed by atoms with van der Waals surface area (Å²) in [6.07, 6.45) is 27.7. The Hall–Kier alpha value is -1.49. The maximum absolute atomic E-state index is 11.2. The minimum atomic E-state index is -0.173. The number of carbonyl (C=O) groups excluding carboxylic acids is 1. The van der Waals surface area contributed by atoms with E-state index in [1.165, 1.54) is 44.9 Å². The maximum atomic E-state index is 11.2. The molecule has 0 amide bonds. The summed E-state index contributed by atoms with van der Waals surface area (Å²) >= 11 is 0. The van der Waals surface area contributed by atoms with Gasteiger partial charge in [0.05, 0.1) is 0 Å². The molecule has 2 heteroatoms. The van der Waals surface area contributed by atoms with Crippen LogP contribution in [0.3, 0.4) is 0 Å². The summed E-state index contributed by atoms with van der Waals surface area (Å²) in [7, 11) is 0. The zero-order chi connectivity index (χ0) is 17.0. The highest BCUT2D eigenvalue weighted by Gasteiger charge is 2.00. The molecule has 0 atom stereocenters. The van der Waals surface area contributed by atoms with Crippen LogP contribution >= 0.6 is 0 Å². The number of terminal acetylenes is 1. The molecular weight excluding hydrogens is 284 g/mol. The van der Waals surface area contributed by atoms with E-state index in [-0.39, 0.29) is 12.6 Å². The van der Waals surface area contributed by atoms with E-state index in [2.05, 4.69) is 37.1 Å². The van der Waals surface area contributed by atoms with E-state index < -0.39 is 0 Å². The third kappa shape index (κ3) is 18.5. The molecule has 23 heavy (non-hydrogen) atoms. The average Bonchev–Trinajstić information content (AvgIpc) is 2.56. The number of ether oxygens (including phenoxy) is 1. The summed E-state index contributed by atoms with van der Waals surface area (Å²) in [6.45, 7) is 2.33. The van der Waals surface area contributed by atoms with Crippen LogP contribution in [0.1, 0.15) is 84.0 Å². The van der Waals surface area contributed by atoms with Gasteiger partial charge in [-0.2, -0.15) is 0 Å². The summed E-state index contributed by atoms with van der Waals surface area (Å²) in [4.78, 5) is 11.2. The molecule has 0 unspecified atom stereocenters. The average molecular weight is 319 g/mol. The van der Waals surface area contributed by atoms with Gasteiger partial charge < -0.3 is 4.74 Å². The van der Waals surface area contributed by atoms with Crippen LogP contribution in [0.25, 0.3) is 0 Å². The van der Waals surface area contributed by atoms with Crippen LogP contribution in [-0.4, -0.2) is 12.6 Å². The van der Waals surface area contributed by atoms with Crippen molar-refractivity contribution in [2.45, 2.75) is 84.0 Å². The minimum Gasteiger partial charge on any atom is -0.452 e. The van der Waals surface area contributed by atoms with Gasteiger partial charge in [-0.15, -0.1) is 6.42 Å². The normalized spacial score (nSPS) is 11.1. The van der Waals surface area contributed by atoms with Gasteiger partial charge in [0.1, 0.15) is 0 Å². The third-order valence-corrected chi connectivity index (χ3v) is 3.65. The second-order valence-corrected chi connectivity index (χ2v) is 5.85. The van der Waals surface area contributed by atoms with Gasteiger partial charge in [0.15, 0.2) is 6.61 Å². The molecular formula is C21H34O2. The molecule has 0 bridgehead atoms. The molecule has 0 aliphatic heterocycles. The van der Waals surface area contributed by atoms with Gasteiger partial charge in [-0.25, -0.2) is 0 Å². The largest absolute Gasteiger partial charge is 0.452 e. The van der Waals surface area contributed by atoms with Crippen LogP contribution < -0.4 is 0 Å². The van der Waals surface area contributed by atoms with Crippen LogP contribution in [0.15, 0.2) is 24.3 Å². The molecule has 0 aromatic carbocycles. The fourth-order valence-corrected chi connectivity index (χ4v) is 2.28. The zero-order valence-corrected chi connectivity index (χ0v) is 14.9. The Balaban J connectivity index is 3.25. The van der Waals surface area contributed by atoms with Crippen molar-refractivity contribution in [1.29, 1.82) is 0 Å². The van der Waals surface area contributed by atoms with E-state index in [1.54, 1.807) is 0 Å². The number of hydrogen-bond acceptors (Lipinski definition) is 2. The Bertz CT molecular complexity index is 361. The van der Waals surface area contributed by atoms with Crippen molar-refractivity contribution in [2.24, 2.45) is 0 Å². The highest BCUT2D eigenvalue weighted by atomic mass is 16.5. The topological polar surface area (TPSA) is 26.3 Å². The number of esters is 1. The smallest absolute Gasteiger partial charge is 0.306 e.